The lowest BCUT2D eigenvalue weighted by Gasteiger charge is -2.05. The Balaban J connectivity index is 2.42. The van der Waals surface area contributed by atoms with Crippen molar-refractivity contribution in [2.45, 2.75) is 17.1 Å². The van der Waals surface area contributed by atoms with Gasteiger partial charge in [0.15, 0.2) is 0 Å². The second-order valence-corrected chi connectivity index (χ2v) is 6.37. The number of nitrogens with zero attached hydrogens (tertiary/aromatic N) is 1. The van der Waals surface area contributed by atoms with Gasteiger partial charge in [0, 0.05) is 5.56 Å². The summed E-state index contributed by atoms with van der Waals surface area (Å²) in [4.78, 5) is 10.9. The van der Waals surface area contributed by atoms with Crippen LogP contribution in [0.3, 0.4) is 0 Å². The molecule has 1 aromatic rings. The van der Waals surface area contributed by atoms with E-state index in [1.807, 2.05) is 0 Å². The Morgan fingerprint density at radius 3 is 2.71 bits per heavy atom. The van der Waals surface area contributed by atoms with Crippen molar-refractivity contribution in [3.05, 3.63) is 29.8 Å². The molecule has 2 rings (SSSR count). The van der Waals surface area contributed by atoms with Crippen molar-refractivity contribution in [1.82, 2.24) is 0 Å². The van der Waals surface area contributed by atoms with Gasteiger partial charge < -0.3 is 5.11 Å². The first kappa shape index (κ1) is 12.1. The summed E-state index contributed by atoms with van der Waals surface area (Å²) in [5.74, 6) is -1.00. The van der Waals surface area contributed by atoms with Crippen molar-refractivity contribution < 1.29 is 18.3 Å². The first-order valence-electron chi connectivity index (χ1n) is 4.75. The maximum atomic E-state index is 11.7. The average molecular weight is 271 g/mol. The number of carbonyl (C=O) groups is 1. The van der Waals surface area contributed by atoms with Gasteiger partial charge >= 0.3 is 5.97 Å². The van der Waals surface area contributed by atoms with Gasteiger partial charge in [-0.1, -0.05) is 30.0 Å². The summed E-state index contributed by atoms with van der Waals surface area (Å²) in [7, 11) is -3.65. The summed E-state index contributed by atoms with van der Waals surface area (Å²) in [5.41, 5.74) is 0.477. The topological polar surface area (TPSA) is 83.8 Å². The number of carboxylic acids is 1. The molecule has 0 radical (unpaired) electrons. The zero-order chi connectivity index (χ0) is 12.6. The third-order valence-electron chi connectivity index (χ3n) is 2.23. The number of rotatable bonds is 2. The van der Waals surface area contributed by atoms with Gasteiger partial charge in [-0.15, -0.1) is 0 Å². The van der Waals surface area contributed by atoms with Gasteiger partial charge in [0.2, 0.25) is 0 Å². The van der Waals surface area contributed by atoms with Gasteiger partial charge in [0.25, 0.3) is 10.0 Å². The fraction of sp³-hybridized carbons (Fsp3) is 0.200. The predicted octanol–water partition coefficient (Wildman–Crippen LogP) is 1.34. The van der Waals surface area contributed by atoms with E-state index in [0.29, 0.717) is 5.56 Å². The molecule has 0 spiro atoms. The van der Waals surface area contributed by atoms with E-state index in [9.17, 15) is 13.2 Å². The Labute approximate surface area is 103 Å². The summed E-state index contributed by atoms with van der Waals surface area (Å²) in [5, 5.41) is 8.30. The largest absolute Gasteiger partial charge is 0.480 e. The molecule has 7 heteroatoms. The predicted molar refractivity (Wildman–Crippen MR) is 64.9 cm³/mol. The van der Waals surface area contributed by atoms with Crippen molar-refractivity contribution in [2.24, 2.45) is 4.40 Å². The van der Waals surface area contributed by atoms with Crippen LogP contribution in [0.4, 0.5) is 0 Å². The molecule has 0 saturated carbocycles. The van der Waals surface area contributed by atoms with Gasteiger partial charge in [-0.3, -0.25) is 4.79 Å². The number of hydrogen-bond donors (Lipinski definition) is 1. The van der Waals surface area contributed by atoms with Crippen molar-refractivity contribution in [3.63, 3.8) is 0 Å². The second-order valence-electron chi connectivity index (χ2n) is 3.47. The lowest BCUT2D eigenvalue weighted by Crippen LogP contribution is -2.14. The van der Waals surface area contributed by atoms with E-state index >= 15 is 0 Å². The van der Waals surface area contributed by atoms with Crippen LogP contribution in [0.2, 0.25) is 0 Å². The molecule has 1 aliphatic rings. The standard InChI is InChI=1S/C10H9NO4S2/c1-6(10(12)13)16-9-7-4-2-3-5-8(7)17(14,15)11-9/h2-6H,1H3,(H,12,13). The van der Waals surface area contributed by atoms with Crippen molar-refractivity contribution in [1.29, 1.82) is 0 Å². The van der Waals surface area contributed by atoms with Crippen molar-refractivity contribution in [3.8, 4) is 0 Å². The minimum atomic E-state index is -3.65. The fourth-order valence-electron chi connectivity index (χ4n) is 1.38. The number of benzene rings is 1. The molecular weight excluding hydrogens is 262 g/mol. The van der Waals surface area contributed by atoms with Crippen LogP contribution < -0.4 is 0 Å². The first-order chi connectivity index (χ1) is 7.92. The highest BCUT2D eigenvalue weighted by Crippen LogP contribution is 2.32. The molecule has 0 fully saturated rings. The highest BCUT2D eigenvalue weighted by atomic mass is 32.2. The number of aliphatic carboxylic acids is 1. The Morgan fingerprint density at radius 1 is 1.41 bits per heavy atom. The van der Waals surface area contributed by atoms with E-state index in [1.165, 1.54) is 13.0 Å². The van der Waals surface area contributed by atoms with Gasteiger partial charge in [-0.2, -0.15) is 12.8 Å². The Morgan fingerprint density at radius 2 is 2.06 bits per heavy atom. The smallest absolute Gasteiger partial charge is 0.316 e. The molecule has 0 saturated heterocycles. The van der Waals surface area contributed by atoms with Crippen LogP contribution in [0.5, 0.6) is 0 Å². The van der Waals surface area contributed by atoms with Crippen LogP contribution in [0.15, 0.2) is 33.6 Å². The monoisotopic (exact) mass is 271 g/mol. The van der Waals surface area contributed by atoms with E-state index in [1.54, 1.807) is 18.2 Å². The third-order valence-corrected chi connectivity index (χ3v) is 4.77. The quantitative estimate of drug-likeness (QED) is 0.877. The summed E-state index contributed by atoms with van der Waals surface area (Å²) >= 11 is 0.932. The van der Waals surface area contributed by atoms with E-state index < -0.39 is 21.2 Å². The minimum absolute atomic E-state index is 0.139. The van der Waals surface area contributed by atoms with Crippen LogP contribution >= 0.6 is 11.8 Å². The molecule has 90 valence electrons. The maximum absolute atomic E-state index is 11.7. The zero-order valence-corrected chi connectivity index (χ0v) is 10.5. The summed E-state index contributed by atoms with van der Waals surface area (Å²) in [6.45, 7) is 1.49. The average Bonchev–Trinajstić information content (AvgIpc) is 2.51. The molecule has 17 heavy (non-hydrogen) atoms. The third kappa shape index (κ3) is 2.20. The molecule has 1 heterocycles. The molecule has 1 atom stereocenters. The molecule has 0 aromatic heterocycles. The molecule has 0 bridgehead atoms. The normalized spacial score (nSPS) is 18.3. The molecule has 1 aliphatic heterocycles. The SMILES string of the molecule is CC(SC1=NS(=O)(=O)c2ccccc21)C(=O)O. The minimum Gasteiger partial charge on any atom is -0.480 e. The number of thioether (sulfide) groups is 1. The van der Waals surface area contributed by atoms with Crippen LogP contribution in [0, 0.1) is 0 Å². The molecule has 1 aromatic carbocycles. The summed E-state index contributed by atoms with van der Waals surface area (Å²) in [6, 6.07) is 6.40. The van der Waals surface area contributed by atoms with Crippen LogP contribution in [0.1, 0.15) is 12.5 Å². The number of hydrogen-bond acceptors (Lipinski definition) is 4. The molecule has 0 aliphatic carbocycles. The molecule has 1 N–H and O–H groups in total. The Bertz CT molecular complexity index is 606. The van der Waals surface area contributed by atoms with Crippen LogP contribution in [-0.4, -0.2) is 29.8 Å². The van der Waals surface area contributed by atoms with E-state index in [4.69, 9.17) is 5.11 Å². The van der Waals surface area contributed by atoms with E-state index in [2.05, 4.69) is 4.40 Å². The van der Waals surface area contributed by atoms with Crippen LogP contribution in [0.25, 0.3) is 0 Å². The number of sulfonamides is 1. The highest BCUT2D eigenvalue weighted by molar-refractivity contribution is 8.16. The van der Waals surface area contributed by atoms with Crippen LogP contribution in [-0.2, 0) is 14.8 Å². The number of carboxylic acid groups (broad SMARTS) is 1. The lowest BCUT2D eigenvalue weighted by molar-refractivity contribution is -0.136. The van der Waals surface area contributed by atoms with Crippen molar-refractivity contribution in [2.75, 3.05) is 0 Å². The van der Waals surface area contributed by atoms with E-state index in [0.717, 1.165) is 11.8 Å². The second kappa shape index (κ2) is 4.15. The highest BCUT2D eigenvalue weighted by Gasteiger charge is 2.30. The molecular formula is C10H9NO4S2. The first-order valence-corrected chi connectivity index (χ1v) is 7.07. The maximum Gasteiger partial charge on any atom is 0.316 e. The number of fused-ring (bicyclic) bond motifs is 1. The van der Waals surface area contributed by atoms with Gasteiger partial charge in [-0.05, 0) is 13.0 Å². The Kier molecular flexibility index (Phi) is 2.96. The summed E-state index contributed by atoms with van der Waals surface area (Å²) in [6.07, 6.45) is 0. The Hall–Kier alpha value is -1.34. The fourth-order valence-corrected chi connectivity index (χ4v) is 3.76. The van der Waals surface area contributed by atoms with Gasteiger partial charge in [0.05, 0.1) is 4.90 Å². The molecule has 5 nitrogen and oxygen atoms in total. The summed E-state index contributed by atoms with van der Waals surface area (Å²) < 4.78 is 26.9. The lowest BCUT2D eigenvalue weighted by atomic mass is 10.2. The zero-order valence-electron chi connectivity index (χ0n) is 8.82. The van der Waals surface area contributed by atoms with E-state index in [-0.39, 0.29) is 9.94 Å². The molecule has 1 unspecified atom stereocenters. The van der Waals surface area contributed by atoms with Crippen molar-refractivity contribution >= 4 is 32.8 Å². The van der Waals surface area contributed by atoms with Gasteiger partial charge in [-0.25, -0.2) is 0 Å². The van der Waals surface area contributed by atoms with Gasteiger partial charge in [0.1, 0.15) is 10.3 Å². The molecule has 0 amide bonds.